The molecule has 0 aliphatic carbocycles. The largest absolute Gasteiger partial charge is 0.333 e. The van der Waals surface area contributed by atoms with Crippen LogP contribution in [0.5, 0.6) is 0 Å². The molecule has 2 aromatic rings. The molecule has 1 aliphatic rings. The van der Waals surface area contributed by atoms with Crippen LogP contribution in [0.2, 0.25) is 0 Å². The summed E-state index contributed by atoms with van der Waals surface area (Å²) in [7, 11) is 1.87. The second-order valence-corrected chi connectivity index (χ2v) is 6.01. The lowest BCUT2D eigenvalue weighted by molar-refractivity contribution is 0.0660. The van der Waals surface area contributed by atoms with E-state index in [0.29, 0.717) is 4.88 Å². The Kier molecular flexibility index (Phi) is 6.80. The summed E-state index contributed by atoms with van der Waals surface area (Å²) < 4.78 is 1.73. The normalized spacial score (nSPS) is 17.5. The van der Waals surface area contributed by atoms with Crippen LogP contribution in [0.4, 0.5) is 0 Å². The number of halogens is 2. The molecule has 1 N–H and O–H groups in total. The van der Waals surface area contributed by atoms with Crippen LogP contribution in [0.15, 0.2) is 18.6 Å². The molecule has 1 aliphatic heterocycles. The van der Waals surface area contributed by atoms with E-state index in [2.05, 4.69) is 22.3 Å². The Hall–Kier alpha value is -1.15. The summed E-state index contributed by atoms with van der Waals surface area (Å²) in [5.41, 5.74) is 0.949. The van der Waals surface area contributed by atoms with Gasteiger partial charge in [0.25, 0.3) is 5.91 Å². The van der Waals surface area contributed by atoms with Crippen molar-refractivity contribution in [1.82, 2.24) is 25.0 Å². The first-order chi connectivity index (χ1) is 9.65. The van der Waals surface area contributed by atoms with E-state index in [1.165, 1.54) is 11.3 Å². The smallest absolute Gasteiger partial charge is 0.265 e. The first-order valence-electron chi connectivity index (χ1n) is 6.61. The van der Waals surface area contributed by atoms with Crippen LogP contribution in [-0.2, 0) is 7.05 Å². The molecule has 0 aromatic carbocycles. The lowest BCUT2D eigenvalue weighted by atomic mass is 10.2. The van der Waals surface area contributed by atoms with Crippen LogP contribution in [-0.4, -0.2) is 51.2 Å². The molecule has 0 saturated carbocycles. The van der Waals surface area contributed by atoms with Crippen molar-refractivity contribution in [2.75, 3.05) is 19.6 Å². The summed E-state index contributed by atoms with van der Waals surface area (Å²) in [5.74, 6) is 0.0756. The minimum absolute atomic E-state index is 0. The highest BCUT2D eigenvalue weighted by Crippen LogP contribution is 2.26. The third-order valence-electron chi connectivity index (χ3n) is 3.43. The quantitative estimate of drug-likeness (QED) is 0.883. The Morgan fingerprint density at radius 1 is 1.41 bits per heavy atom. The minimum Gasteiger partial charge on any atom is -0.333 e. The van der Waals surface area contributed by atoms with Crippen LogP contribution >= 0.6 is 36.2 Å². The molecule has 0 spiro atoms. The van der Waals surface area contributed by atoms with E-state index in [4.69, 9.17) is 0 Å². The number of carbonyl (C=O) groups excluding carboxylic acids is 1. The molecule has 1 fully saturated rings. The average molecular weight is 364 g/mol. The average Bonchev–Trinajstić information content (AvgIpc) is 3.07. The lowest BCUT2D eigenvalue weighted by Gasteiger charge is -2.33. The molecule has 0 bridgehead atoms. The monoisotopic (exact) mass is 363 g/mol. The molecule has 1 amide bonds. The zero-order valence-electron chi connectivity index (χ0n) is 12.4. The topological polar surface area (TPSA) is 63.1 Å². The number of aryl methyl sites for hydroxylation is 1. The Balaban J connectivity index is 0.00000121. The Morgan fingerprint density at radius 2 is 2.18 bits per heavy atom. The first kappa shape index (κ1) is 18.9. The molecule has 3 rings (SSSR count). The van der Waals surface area contributed by atoms with Crippen molar-refractivity contribution < 1.29 is 4.79 Å². The Labute approximate surface area is 145 Å². The van der Waals surface area contributed by atoms with Crippen LogP contribution in [0, 0.1) is 0 Å². The van der Waals surface area contributed by atoms with Crippen molar-refractivity contribution in [1.29, 1.82) is 0 Å². The molecular formula is C13H19Cl2N5OS. The maximum Gasteiger partial charge on any atom is 0.265 e. The second-order valence-electron chi connectivity index (χ2n) is 4.98. The highest BCUT2D eigenvalue weighted by Gasteiger charge is 2.25. The number of amides is 1. The number of carbonyl (C=O) groups is 1. The molecular weight excluding hydrogens is 345 g/mol. The van der Waals surface area contributed by atoms with E-state index in [0.717, 1.165) is 30.2 Å². The van der Waals surface area contributed by atoms with Crippen molar-refractivity contribution in [3.63, 3.8) is 0 Å². The van der Waals surface area contributed by atoms with Gasteiger partial charge >= 0.3 is 0 Å². The van der Waals surface area contributed by atoms with E-state index in [-0.39, 0.29) is 36.8 Å². The van der Waals surface area contributed by atoms with Gasteiger partial charge in [-0.15, -0.1) is 36.2 Å². The van der Waals surface area contributed by atoms with E-state index in [1.54, 1.807) is 17.1 Å². The molecule has 3 heterocycles. The van der Waals surface area contributed by atoms with Crippen molar-refractivity contribution in [3.05, 3.63) is 23.5 Å². The number of nitrogens with one attached hydrogen (secondary N) is 1. The van der Waals surface area contributed by atoms with Crippen LogP contribution < -0.4 is 5.32 Å². The summed E-state index contributed by atoms with van der Waals surface area (Å²) in [4.78, 5) is 19.5. The second kappa shape index (κ2) is 7.92. The van der Waals surface area contributed by atoms with Crippen LogP contribution in [0.25, 0.3) is 10.6 Å². The number of piperazine rings is 1. The summed E-state index contributed by atoms with van der Waals surface area (Å²) in [6, 6.07) is 0.222. The number of aromatic nitrogens is 3. The van der Waals surface area contributed by atoms with Gasteiger partial charge in [0, 0.05) is 44.5 Å². The van der Waals surface area contributed by atoms with Crippen LogP contribution in [0.3, 0.4) is 0 Å². The number of hydrogen-bond donors (Lipinski definition) is 1. The molecule has 22 heavy (non-hydrogen) atoms. The van der Waals surface area contributed by atoms with E-state index in [9.17, 15) is 4.79 Å². The molecule has 1 atom stereocenters. The maximum atomic E-state index is 12.5. The molecule has 1 unspecified atom stereocenters. The fraction of sp³-hybridized carbons (Fsp3) is 0.462. The number of hydrogen-bond acceptors (Lipinski definition) is 5. The summed E-state index contributed by atoms with van der Waals surface area (Å²) in [6.45, 7) is 4.51. The Morgan fingerprint density at radius 3 is 2.82 bits per heavy atom. The van der Waals surface area contributed by atoms with Gasteiger partial charge in [0.2, 0.25) is 0 Å². The van der Waals surface area contributed by atoms with Gasteiger partial charge < -0.3 is 10.2 Å². The van der Waals surface area contributed by atoms with Gasteiger partial charge in [0.05, 0.1) is 12.4 Å². The summed E-state index contributed by atoms with van der Waals surface area (Å²) >= 11 is 1.43. The van der Waals surface area contributed by atoms with Gasteiger partial charge in [0.1, 0.15) is 9.88 Å². The lowest BCUT2D eigenvalue weighted by Crippen LogP contribution is -2.52. The molecule has 6 nitrogen and oxygen atoms in total. The minimum atomic E-state index is 0. The molecule has 122 valence electrons. The van der Waals surface area contributed by atoms with Crippen molar-refractivity contribution in [2.45, 2.75) is 13.0 Å². The highest BCUT2D eigenvalue weighted by molar-refractivity contribution is 7.16. The van der Waals surface area contributed by atoms with E-state index < -0.39 is 0 Å². The molecule has 0 radical (unpaired) electrons. The standard InChI is InChI=1S/C13H17N5OS.2ClH/c1-9-5-14-3-4-18(9)13(19)11-7-15-12(20-11)10-6-16-17(2)8-10;;/h6-9,14H,3-5H2,1-2H3;2*1H. The van der Waals surface area contributed by atoms with Crippen molar-refractivity contribution >= 4 is 42.1 Å². The molecule has 2 aromatic heterocycles. The van der Waals surface area contributed by atoms with Gasteiger partial charge in [-0.05, 0) is 6.92 Å². The van der Waals surface area contributed by atoms with Gasteiger partial charge in [-0.2, -0.15) is 5.10 Å². The predicted molar refractivity (Wildman–Crippen MR) is 92.2 cm³/mol. The Bertz CT molecular complexity index is 629. The van der Waals surface area contributed by atoms with Crippen molar-refractivity contribution in [3.8, 4) is 10.6 Å². The first-order valence-corrected chi connectivity index (χ1v) is 7.43. The third-order valence-corrected chi connectivity index (χ3v) is 4.46. The van der Waals surface area contributed by atoms with E-state index in [1.807, 2.05) is 18.1 Å². The zero-order valence-corrected chi connectivity index (χ0v) is 14.8. The number of thiazole rings is 1. The van der Waals surface area contributed by atoms with Crippen molar-refractivity contribution in [2.24, 2.45) is 7.05 Å². The maximum absolute atomic E-state index is 12.5. The van der Waals surface area contributed by atoms with Crippen LogP contribution in [0.1, 0.15) is 16.6 Å². The fourth-order valence-electron chi connectivity index (χ4n) is 2.32. The third kappa shape index (κ3) is 3.78. The molecule has 9 heteroatoms. The van der Waals surface area contributed by atoms with Gasteiger partial charge in [-0.25, -0.2) is 4.98 Å². The zero-order chi connectivity index (χ0) is 14.1. The van der Waals surface area contributed by atoms with Gasteiger partial charge in [-0.1, -0.05) is 0 Å². The number of nitrogens with zero attached hydrogens (tertiary/aromatic N) is 4. The van der Waals surface area contributed by atoms with Gasteiger partial charge in [0.15, 0.2) is 0 Å². The predicted octanol–water partition coefficient (Wildman–Crippen LogP) is 1.82. The summed E-state index contributed by atoms with van der Waals surface area (Å²) in [6.07, 6.45) is 5.34. The van der Waals surface area contributed by atoms with E-state index >= 15 is 0 Å². The molecule has 1 saturated heterocycles. The fourth-order valence-corrected chi connectivity index (χ4v) is 3.17. The SMILES string of the molecule is CC1CNCCN1C(=O)c1cnc(-c2cnn(C)c2)s1.Cl.Cl. The number of rotatable bonds is 2. The van der Waals surface area contributed by atoms with Gasteiger partial charge in [-0.3, -0.25) is 9.48 Å². The highest BCUT2D eigenvalue weighted by atomic mass is 35.5. The summed E-state index contributed by atoms with van der Waals surface area (Å²) in [5, 5.41) is 8.25.